The first-order valence-corrected chi connectivity index (χ1v) is 10.3. The molecule has 3 heterocycles. The normalized spacial score (nSPS) is 19.5. The maximum atomic E-state index is 10.6. The largest absolute Gasteiger partial charge is 0.490 e. The first-order chi connectivity index (χ1) is 14.2. The van der Waals surface area contributed by atoms with Crippen molar-refractivity contribution in [1.29, 1.82) is 0 Å². The third-order valence-corrected chi connectivity index (χ3v) is 5.36. The van der Waals surface area contributed by atoms with E-state index in [4.69, 9.17) is 19.4 Å². The van der Waals surface area contributed by atoms with E-state index < -0.39 is 12.1 Å². The number of ether oxygens (including phenoxy) is 2. The van der Waals surface area contributed by atoms with Crippen LogP contribution < -0.4 is 0 Å². The van der Waals surface area contributed by atoms with Gasteiger partial charge in [0, 0.05) is 39.5 Å². The smallest absolute Gasteiger partial charge is 0.475 e. The van der Waals surface area contributed by atoms with Crippen molar-refractivity contribution in [2.24, 2.45) is 7.05 Å². The second-order valence-electron chi connectivity index (χ2n) is 6.89. The van der Waals surface area contributed by atoms with Gasteiger partial charge in [-0.15, -0.1) is 0 Å². The number of aromatic nitrogens is 2. The van der Waals surface area contributed by atoms with E-state index in [0.29, 0.717) is 19.3 Å². The van der Waals surface area contributed by atoms with Crippen LogP contribution in [0.2, 0.25) is 0 Å². The molecule has 7 nitrogen and oxygen atoms in total. The molecule has 168 valence electrons. The Morgan fingerprint density at radius 1 is 1.37 bits per heavy atom. The average molecular weight is 449 g/mol. The van der Waals surface area contributed by atoms with Crippen LogP contribution in [-0.2, 0) is 34.3 Å². The van der Waals surface area contributed by atoms with Crippen LogP contribution in [0.4, 0.5) is 13.2 Å². The lowest BCUT2D eigenvalue weighted by Crippen LogP contribution is -2.38. The van der Waals surface area contributed by atoms with Gasteiger partial charge in [-0.25, -0.2) is 4.79 Å². The van der Waals surface area contributed by atoms with Gasteiger partial charge in [0.25, 0.3) is 0 Å². The highest BCUT2D eigenvalue weighted by Gasteiger charge is 2.38. The Balaban J connectivity index is 0.000000396. The number of methoxy groups -OCH3 is 1. The minimum Gasteiger partial charge on any atom is -0.475 e. The number of carbonyl (C=O) groups is 1. The topological polar surface area (TPSA) is 76.8 Å². The van der Waals surface area contributed by atoms with Gasteiger partial charge in [0.05, 0.1) is 25.5 Å². The second-order valence-corrected chi connectivity index (χ2v) is 7.67. The van der Waals surface area contributed by atoms with Gasteiger partial charge in [-0.3, -0.25) is 9.58 Å². The molecule has 0 unspecified atom stereocenters. The van der Waals surface area contributed by atoms with Gasteiger partial charge in [-0.1, -0.05) is 0 Å². The summed E-state index contributed by atoms with van der Waals surface area (Å²) in [6, 6.07) is 2.61. The summed E-state index contributed by atoms with van der Waals surface area (Å²) in [6.45, 7) is 3.40. The van der Waals surface area contributed by atoms with E-state index in [0.717, 1.165) is 25.9 Å². The molecule has 1 fully saturated rings. The molecule has 3 rings (SSSR count). The number of likely N-dealkylation sites (tertiary alicyclic amines) is 1. The third kappa shape index (κ3) is 7.71. The molecule has 0 aliphatic carbocycles. The van der Waals surface area contributed by atoms with E-state index in [1.165, 1.54) is 11.1 Å². The molecule has 0 spiro atoms. The Bertz CT molecular complexity index is 767. The minimum absolute atomic E-state index is 0.268. The molecule has 0 amide bonds. The Morgan fingerprint density at radius 2 is 2.10 bits per heavy atom. The first kappa shape index (κ1) is 24.3. The van der Waals surface area contributed by atoms with Crippen LogP contribution in [-0.4, -0.2) is 70.9 Å². The number of hydrogen-bond donors (Lipinski definition) is 1. The molecule has 1 saturated heterocycles. The molecule has 0 bridgehead atoms. The van der Waals surface area contributed by atoms with E-state index >= 15 is 0 Å². The number of aryl methyl sites for hydroxylation is 1. The second kappa shape index (κ2) is 11.4. The van der Waals surface area contributed by atoms with Crippen LogP contribution in [0.1, 0.15) is 17.5 Å². The Kier molecular flexibility index (Phi) is 9.28. The monoisotopic (exact) mass is 449 g/mol. The molecule has 2 aromatic rings. The van der Waals surface area contributed by atoms with Crippen LogP contribution in [0.3, 0.4) is 0 Å². The molecule has 0 saturated carbocycles. The van der Waals surface area contributed by atoms with Crippen LogP contribution in [0, 0.1) is 0 Å². The number of hydrogen-bond acceptors (Lipinski definition) is 6. The number of carboxylic acid groups (broad SMARTS) is 1. The standard InChI is InChI=1S/C17H25N3O2S.C2HF3O2/c1-19-11-15(10-18-19)9-16-17(22-7-6-21-2)3-5-20(16)12-14-4-8-23-13-14;3-2(4,5)1(6)7/h4,8,10-11,13,16-17H,3,5-7,9,12H2,1-2H3;(H,6,7)/t16-,17-;/m0./s1. The van der Waals surface area contributed by atoms with Gasteiger partial charge in [0.1, 0.15) is 0 Å². The molecule has 0 radical (unpaired) electrons. The third-order valence-electron chi connectivity index (χ3n) is 4.63. The molecule has 30 heavy (non-hydrogen) atoms. The number of thiophene rings is 1. The molecule has 1 aliphatic heterocycles. The van der Waals surface area contributed by atoms with E-state index in [-0.39, 0.29) is 6.10 Å². The highest BCUT2D eigenvalue weighted by Crippen LogP contribution is 2.26. The molecule has 11 heteroatoms. The predicted molar refractivity (Wildman–Crippen MR) is 105 cm³/mol. The zero-order valence-corrected chi connectivity index (χ0v) is 17.7. The van der Waals surface area contributed by atoms with Gasteiger partial charge in [-0.2, -0.15) is 29.6 Å². The molecule has 1 aliphatic rings. The summed E-state index contributed by atoms with van der Waals surface area (Å²) in [7, 11) is 3.68. The van der Waals surface area contributed by atoms with Gasteiger partial charge in [-0.05, 0) is 40.8 Å². The first-order valence-electron chi connectivity index (χ1n) is 9.34. The Hall–Kier alpha value is -1.95. The molecule has 2 atom stereocenters. The Morgan fingerprint density at radius 3 is 2.63 bits per heavy atom. The quantitative estimate of drug-likeness (QED) is 0.625. The summed E-state index contributed by atoms with van der Waals surface area (Å²) in [5.41, 5.74) is 2.67. The molecule has 1 N–H and O–H groups in total. The average Bonchev–Trinajstić information content (AvgIpc) is 3.40. The summed E-state index contributed by atoms with van der Waals surface area (Å²) in [5, 5.41) is 15.8. The lowest BCUT2D eigenvalue weighted by Gasteiger charge is -2.27. The Labute approximate surface area is 177 Å². The van der Waals surface area contributed by atoms with Gasteiger partial charge < -0.3 is 14.6 Å². The lowest BCUT2D eigenvalue weighted by atomic mass is 10.0. The maximum absolute atomic E-state index is 10.6. The van der Waals surface area contributed by atoms with Gasteiger partial charge >= 0.3 is 12.1 Å². The van der Waals surface area contributed by atoms with E-state index in [2.05, 4.69) is 33.0 Å². The minimum atomic E-state index is -5.08. The lowest BCUT2D eigenvalue weighted by molar-refractivity contribution is -0.192. The molecule has 0 aromatic carbocycles. The predicted octanol–water partition coefficient (Wildman–Crippen LogP) is 2.96. The SMILES string of the molecule is COCCO[C@H]1CCN(Cc2ccsc2)[C@H]1Cc1cnn(C)c1.O=C(O)C(F)(F)F. The zero-order chi connectivity index (χ0) is 22.1. The summed E-state index contributed by atoms with van der Waals surface area (Å²) < 4.78 is 44.8. The highest BCUT2D eigenvalue weighted by atomic mass is 32.1. The number of carboxylic acids is 1. The summed E-state index contributed by atoms with van der Waals surface area (Å²) in [4.78, 5) is 11.4. The van der Waals surface area contributed by atoms with Crippen molar-refractivity contribution >= 4 is 17.3 Å². The van der Waals surface area contributed by atoms with Crippen LogP contribution in [0.25, 0.3) is 0 Å². The van der Waals surface area contributed by atoms with E-state index in [9.17, 15) is 13.2 Å². The highest BCUT2D eigenvalue weighted by molar-refractivity contribution is 7.07. The van der Waals surface area contributed by atoms with Crippen molar-refractivity contribution in [1.82, 2.24) is 14.7 Å². The number of alkyl halides is 3. The number of nitrogens with zero attached hydrogens (tertiary/aromatic N) is 3. The van der Waals surface area contributed by atoms with Crippen LogP contribution in [0.5, 0.6) is 0 Å². The van der Waals surface area contributed by atoms with E-state index in [1.54, 1.807) is 18.4 Å². The van der Waals surface area contributed by atoms with Gasteiger partial charge in [0.15, 0.2) is 0 Å². The zero-order valence-electron chi connectivity index (χ0n) is 16.8. The fourth-order valence-corrected chi connectivity index (χ4v) is 3.92. The fourth-order valence-electron chi connectivity index (χ4n) is 3.26. The molecule has 2 aromatic heterocycles. The van der Waals surface area contributed by atoms with Crippen molar-refractivity contribution in [2.45, 2.75) is 37.7 Å². The molecular formula is C19H26F3N3O4S. The van der Waals surface area contributed by atoms with E-state index in [1.807, 2.05) is 17.9 Å². The fraction of sp³-hybridized carbons (Fsp3) is 0.579. The number of rotatable bonds is 8. The maximum Gasteiger partial charge on any atom is 0.490 e. The van der Waals surface area contributed by atoms with Crippen molar-refractivity contribution in [3.8, 4) is 0 Å². The van der Waals surface area contributed by atoms with Crippen LogP contribution in [0.15, 0.2) is 29.2 Å². The van der Waals surface area contributed by atoms with Crippen LogP contribution >= 0.6 is 11.3 Å². The molecular weight excluding hydrogens is 423 g/mol. The van der Waals surface area contributed by atoms with Crippen molar-refractivity contribution < 1.29 is 32.5 Å². The summed E-state index contributed by atoms with van der Waals surface area (Å²) >= 11 is 1.76. The van der Waals surface area contributed by atoms with Crippen molar-refractivity contribution in [2.75, 3.05) is 26.9 Å². The summed E-state index contributed by atoms with van der Waals surface area (Å²) in [5.74, 6) is -2.76. The summed E-state index contributed by atoms with van der Waals surface area (Å²) in [6.07, 6.45) is 1.32. The number of halogens is 3. The number of aliphatic carboxylic acids is 1. The van der Waals surface area contributed by atoms with Crippen molar-refractivity contribution in [3.63, 3.8) is 0 Å². The van der Waals surface area contributed by atoms with Crippen molar-refractivity contribution in [3.05, 3.63) is 40.3 Å². The van der Waals surface area contributed by atoms with Gasteiger partial charge in [0.2, 0.25) is 0 Å².